The number of amidine groups is 1. The number of nitrogens with two attached hydrogens (primary N) is 1. The molecule has 1 fully saturated rings. The van der Waals surface area contributed by atoms with Gasteiger partial charge in [0, 0.05) is 0 Å². The van der Waals surface area contributed by atoms with Gasteiger partial charge in [-0.2, -0.15) is 4.99 Å². The van der Waals surface area contributed by atoms with Gasteiger partial charge in [0.2, 0.25) is 0 Å². The molecule has 1 aliphatic heterocycles. The summed E-state index contributed by atoms with van der Waals surface area (Å²) >= 11 is 0. The molecule has 4 nitrogen and oxygen atoms in total. The fraction of sp³-hybridized carbons (Fsp3) is 0.636. The Labute approximate surface area is 89.5 Å². The molecule has 0 radical (unpaired) electrons. The van der Waals surface area contributed by atoms with Crippen molar-refractivity contribution in [2.24, 2.45) is 10.7 Å². The Bertz CT molecular complexity index is 361. The minimum absolute atomic E-state index is 0.236. The predicted octanol–water partition coefficient (Wildman–Crippen LogP) is 1.11. The van der Waals surface area contributed by atoms with Crippen molar-refractivity contribution in [2.45, 2.75) is 44.2 Å². The maximum absolute atomic E-state index is 11.7. The number of rotatable bonds is 1. The van der Waals surface area contributed by atoms with Gasteiger partial charge in [0.1, 0.15) is 11.4 Å². The third-order valence-corrected chi connectivity index (χ3v) is 3.42. The fourth-order valence-corrected chi connectivity index (χ4v) is 2.64. The van der Waals surface area contributed by atoms with Crippen LogP contribution in [-0.4, -0.2) is 28.3 Å². The van der Waals surface area contributed by atoms with E-state index >= 15 is 0 Å². The van der Waals surface area contributed by atoms with E-state index in [1.54, 1.807) is 4.90 Å². The zero-order valence-electron chi connectivity index (χ0n) is 8.86. The maximum atomic E-state index is 11.7. The summed E-state index contributed by atoms with van der Waals surface area (Å²) < 4.78 is 0. The molecule has 4 heteroatoms. The van der Waals surface area contributed by atoms with Crippen molar-refractivity contribution in [3.8, 4) is 12.3 Å². The number of aliphatic imine (C=N–C) groups is 1. The fourth-order valence-electron chi connectivity index (χ4n) is 2.64. The first-order valence-electron chi connectivity index (χ1n) is 5.26. The highest BCUT2D eigenvalue weighted by Crippen LogP contribution is 2.40. The van der Waals surface area contributed by atoms with Crippen molar-refractivity contribution < 1.29 is 4.79 Å². The van der Waals surface area contributed by atoms with E-state index in [1.165, 1.54) is 0 Å². The molecule has 1 spiro atoms. The van der Waals surface area contributed by atoms with E-state index in [1.807, 2.05) is 6.92 Å². The van der Waals surface area contributed by atoms with Crippen LogP contribution in [0.4, 0.5) is 4.79 Å². The number of hydrogen-bond donors (Lipinski definition) is 1. The molecule has 0 aromatic carbocycles. The zero-order chi connectivity index (χ0) is 11.1. The first-order valence-corrected chi connectivity index (χ1v) is 5.26. The van der Waals surface area contributed by atoms with Crippen LogP contribution in [0.25, 0.3) is 0 Å². The van der Waals surface area contributed by atoms with Crippen molar-refractivity contribution in [2.75, 3.05) is 0 Å². The molecule has 1 saturated carbocycles. The minimum Gasteiger partial charge on any atom is -0.385 e. The standard InChI is InChI=1S/C11H15N3O/c1-3-8(2)14-10(15)13-9(12)11(14)6-4-5-7-11/h1,8H,4-7H2,2H3,(H2,12,13,15). The van der Waals surface area contributed by atoms with E-state index < -0.39 is 0 Å². The Morgan fingerprint density at radius 3 is 2.73 bits per heavy atom. The largest absolute Gasteiger partial charge is 0.385 e. The average Bonchev–Trinajstić information content (AvgIpc) is 2.75. The monoisotopic (exact) mass is 205 g/mol. The summed E-state index contributed by atoms with van der Waals surface area (Å²) in [6.07, 6.45) is 9.31. The summed E-state index contributed by atoms with van der Waals surface area (Å²) in [5.41, 5.74) is 5.50. The highest BCUT2D eigenvalue weighted by Gasteiger charge is 2.51. The van der Waals surface area contributed by atoms with Crippen LogP contribution in [-0.2, 0) is 0 Å². The second-order valence-corrected chi connectivity index (χ2v) is 4.23. The highest BCUT2D eigenvalue weighted by molar-refractivity contribution is 6.06. The molecule has 2 rings (SSSR count). The first kappa shape index (κ1) is 10.0. The van der Waals surface area contributed by atoms with Crippen LogP contribution in [0, 0.1) is 12.3 Å². The van der Waals surface area contributed by atoms with Gasteiger partial charge >= 0.3 is 6.03 Å². The molecule has 2 aliphatic rings. The number of amides is 2. The highest BCUT2D eigenvalue weighted by atomic mass is 16.2. The molecule has 80 valence electrons. The van der Waals surface area contributed by atoms with Gasteiger partial charge in [0.05, 0.1) is 6.04 Å². The van der Waals surface area contributed by atoms with Crippen molar-refractivity contribution in [1.29, 1.82) is 0 Å². The van der Waals surface area contributed by atoms with Gasteiger partial charge < -0.3 is 5.73 Å². The molecule has 1 heterocycles. The lowest BCUT2D eigenvalue weighted by Crippen LogP contribution is -2.55. The summed E-state index contributed by atoms with van der Waals surface area (Å²) in [6, 6.07) is -0.514. The smallest absolute Gasteiger partial charge is 0.347 e. The van der Waals surface area contributed by atoms with Gasteiger partial charge in [-0.3, -0.25) is 4.90 Å². The lowest BCUT2D eigenvalue weighted by atomic mass is 9.93. The Balaban J connectivity index is 2.38. The summed E-state index contributed by atoms with van der Waals surface area (Å²) in [6.45, 7) is 1.84. The molecule has 15 heavy (non-hydrogen) atoms. The SMILES string of the molecule is C#CC(C)N1C(=O)N=C(N)C12CCCC2. The molecular weight excluding hydrogens is 190 g/mol. The molecule has 0 saturated heterocycles. The van der Waals surface area contributed by atoms with Gasteiger partial charge in [0.25, 0.3) is 0 Å². The van der Waals surface area contributed by atoms with Gasteiger partial charge in [-0.05, 0) is 19.8 Å². The molecule has 1 atom stereocenters. The first-order chi connectivity index (χ1) is 7.12. The molecule has 0 aromatic rings. The van der Waals surface area contributed by atoms with Crippen LogP contribution in [0.1, 0.15) is 32.6 Å². The van der Waals surface area contributed by atoms with E-state index in [0.717, 1.165) is 25.7 Å². The van der Waals surface area contributed by atoms with Crippen LogP contribution in [0.2, 0.25) is 0 Å². The summed E-state index contributed by atoms with van der Waals surface area (Å²) in [4.78, 5) is 17.2. The summed E-state index contributed by atoms with van der Waals surface area (Å²) in [7, 11) is 0. The van der Waals surface area contributed by atoms with Crippen LogP contribution >= 0.6 is 0 Å². The molecular formula is C11H15N3O. The van der Waals surface area contributed by atoms with E-state index in [9.17, 15) is 4.79 Å². The van der Waals surface area contributed by atoms with Crippen molar-refractivity contribution in [3.05, 3.63) is 0 Å². The molecule has 0 bridgehead atoms. The predicted molar refractivity (Wildman–Crippen MR) is 58.4 cm³/mol. The molecule has 2 amide bonds. The maximum Gasteiger partial charge on any atom is 0.347 e. The van der Waals surface area contributed by atoms with Crippen LogP contribution in [0.3, 0.4) is 0 Å². The van der Waals surface area contributed by atoms with Gasteiger partial charge in [0.15, 0.2) is 0 Å². The Kier molecular flexibility index (Phi) is 2.18. The third kappa shape index (κ3) is 1.23. The van der Waals surface area contributed by atoms with Crippen LogP contribution < -0.4 is 5.73 Å². The van der Waals surface area contributed by atoms with E-state index in [4.69, 9.17) is 12.2 Å². The van der Waals surface area contributed by atoms with E-state index in [-0.39, 0.29) is 17.6 Å². The number of nitrogens with zero attached hydrogens (tertiary/aromatic N) is 2. The number of hydrogen-bond acceptors (Lipinski definition) is 2. The summed E-state index contributed by atoms with van der Waals surface area (Å²) in [5, 5.41) is 0. The summed E-state index contributed by atoms with van der Waals surface area (Å²) in [5.74, 6) is 3.04. The second kappa shape index (κ2) is 3.27. The lowest BCUT2D eigenvalue weighted by molar-refractivity contribution is 0.161. The van der Waals surface area contributed by atoms with Gasteiger partial charge in [-0.15, -0.1) is 6.42 Å². The Morgan fingerprint density at radius 2 is 2.20 bits per heavy atom. The number of carbonyl (C=O) groups is 1. The Hall–Kier alpha value is -1.50. The molecule has 1 unspecified atom stereocenters. The van der Waals surface area contributed by atoms with Crippen LogP contribution in [0.15, 0.2) is 4.99 Å². The third-order valence-electron chi connectivity index (χ3n) is 3.42. The minimum atomic E-state index is -0.372. The quantitative estimate of drug-likeness (QED) is 0.652. The van der Waals surface area contributed by atoms with Crippen molar-refractivity contribution >= 4 is 11.9 Å². The number of carbonyl (C=O) groups excluding carboxylic acids is 1. The number of urea groups is 1. The average molecular weight is 205 g/mol. The van der Waals surface area contributed by atoms with Crippen molar-refractivity contribution in [3.63, 3.8) is 0 Å². The van der Waals surface area contributed by atoms with Crippen LogP contribution in [0.5, 0.6) is 0 Å². The number of terminal acetylenes is 1. The topological polar surface area (TPSA) is 58.7 Å². The molecule has 2 N–H and O–H groups in total. The second-order valence-electron chi connectivity index (χ2n) is 4.23. The lowest BCUT2D eigenvalue weighted by Gasteiger charge is -2.36. The zero-order valence-corrected chi connectivity index (χ0v) is 8.86. The normalized spacial score (nSPS) is 25.5. The van der Waals surface area contributed by atoms with E-state index in [2.05, 4.69) is 10.9 Å². The van der Waals surface area contributed by atoms with Crippen molar-refractivity contribution in [1.82, 2.24) is 4.90 Å². The van der Waals surface area contributed by atoms with E-state index in [0.29, 0.717) is 5.84 Å². The van der Waals surface area contributed by atoms with Gasteiger partial charge in [-0.1, -0.05) is 18.8 Å². The molecule has 1 aliphatic carbocycles. The van der Waals surface area contributed by atoms with Gasteiger partial charge in [-0.25, -0.2) is 4.79 Å². The Morgan fingerprint density at radius 1 is 1.60 bits per heavy atom. The molecule has 0 aromatic heterocycles.